The number of hydrogen-bond acceptors (Lipinski definition) is 3. The Kier molecular flexibility index (Phi) is 8.44. The number of nitrogens with two attached hydrogens (primary N) is 1. The molecule has 74 valence electrons. The minimum absolute atomic E-state index is 0.525. The Balaban J connectivity index is 0. The van der Waals surface area contributed by atoms with Crippen molar-refractivity contribution in [1.29, 1.82) is 0 Å². The van der Waals surface area contributed by atoms with E-state index < -0.39 is 7.82 Å². The van der Waals surface area contributed by atoms with Gasteiger partial charge in [0.25, 0.3) is 0 Å². The lowest BCUT2D eigenvalue weighted by Gasteiger charge is -1.97. The van der Waals surface area contributed by atoms with E-state index in [1.165, 1.54) is 11.8 Å². The van der Waals surface area contributed by atoms with Crippen LogP contribution in [0.25, 0.3) is 0 Å². The van der Waals surface area contributed by atoms with E-state index in [2.05, 4.69) is 26.1 Å². The maximum absolute atomic E-state index is 8.88. The molecule has 0 aromatic rings. The van der Waals surface area contributed by atoms with Crippen LogP contribution in [0.2, 0.25) is 0 Å². The van der Waals surface area contributed by atoms with Crippen molar-refractivity contribution in [2.75, 3.05) is 0 Å². The van der Waals surface area contributed by atoms with Crippen molar-refractivity contribution in [3.05, 3.63) is 0 Å². The molecule has 0 spiro atoms. The van der Waals surface area contributed by atoms with Crippen LogP contribution in [0.1, 0.15) is 13.8 Å². The lowest BCUT2D eigenvalue weighted by Crippen LogP contribution is -2.05. The van der Waals surface area contributed by atoms with Gasteiger partial charge >= 0.3 is 7.82 Å². The van der Waals surface area contributed by atoms with Crippen LogP contribution < -0.4 is 5.73 Å². The third-order valence-electron chi connectivity index (χ3n) is 0.352. The van der Waals surface area contributed by atoms with E-state index in [4.69, 9.17) is 25.0 Å². The zero-order valence-electron chi connectivity index (χ0n) is 6.67. The van der Waals surface area contributed by atoms with Crippen LogP contribution in [0.15, 0.2) is 0 Å². The van der Waals surface area contributed by atoms with E-state index in [1.807, 2.05) is 0 Å². The lowest BCUT2D eigenvalue weighted by molar-refractivity contribution is 0.275. The van der Waals surface area contributed by atoms with E-state index in [1.54, 1.807) is 0 Å². The summed E-state index contributed by atoms with van der Waals surface area (Å²) in [5.74, 6) is 0. The Bertz CT molecular complexity index is 172. The van der Waals surface area contributed by atoms with Gasteiger partial charge in [0, 0.05) is 5.25 Å². The van der Waals surface area contributed by atoms with Crippen LogP contribution in [0.4, 0.5) is 0 Å². The minimum atomic E-state index is -4.64. The molecule has 0 saturated heterocycles. The predicted octanol–water partition coefficient (Wildman–Crippen LogP) is 0.443. The fraction of sp³-hybridized carbons (Fsp3) is 0.750. The normalized spacial score (nSPS) is 10.5. The van der Waals surface area contributed by atoms with Crippen molar-refractivity contribution in [3.8, 4) is 0 Å². The van der Waals surface area contributed by atoms with Crippen molar-refractivity contribution < 1.29 is 19.2 Å². The number of thiocarbonyl (C=S) groups is 1. The zero-order chi connectivity index (χ0) is 10.4. The third-order valence-corrected chi connectivity index (χ3v) is 1.34. The molecule has 0 fully saturated rings. The summed E-state index contributed by atoms with van der Waals surface area (Å²) in [6.45, 7) is 4.12. The standard InChI is InChI=1S/C4H9NS2.H3O4P/c1-3(2)7-4(5)6;1-5(2,3)4/h3H,1-2H3,(H2,5,6);(H3,1,2,3,4). The molecular formula is C4H12NO4PS2. The van der Waals surface area contributed by atoms with Crippen LogP contribution in [0.5, 0.6) is 0 Å². The lowest BCUT2D eigenvalue weighted by atomic mass is 10.6. The average molecular weight is 233 g/mol. The molecule has 0 saturated carbocycles. The topological polar surface area (TPSA) is 104 Å². The van der Waals surface area contributed by atoms with Crippen LogP contribution in [-0.2, 0) is 4.57 Å². The number of thioether (sulfide) groups is 1. The Hall–Kier alpha value is 0.350. The van der Waals surface area contributed by atoms with E-state index in [0.717, 1.165) is 0 Å². The van der Waals surface area contributed by atoms with Gasteiger partial charge in [-0.25, -0.2) is 4.57 Å². The molecule has 0 unspecified atom stereocenters. The van der Waals surface area contributed by atoms with Gasteiger partial charge in [-0.2, -0.15) is 0 Å². The van der Waals surface area contributed by atoms with Gasteiger partial charge in [0.2, 0.25) is 0 Å². The van der Waals surface area contributed by atoms with Gasteiger partial charge in [-0.15, -0.1) is 0 Å². The number of phosphoric acid groups is 1. The molecule has 0 aliphatic heterocycles. The van der Waals surface area contributed by atoms with Gasteiger partial charge in [-0.1, -0.05) is 37.8 Å². The summed E-state index contributed by atoms with van der Waals surface area (Å²) >= 11 is 6.13. The molecule has 0 aliphatic rings. The molecule has 0 aromatic carbocycles. The fourth-order valence-corrected chi connectivity index (χ4v) is 1.27. The largest absolute Gasteiger partial charge is 0.466 e. The molecule has 0 radical (unpaired) electrons. The SMILES string of the molecule is CC(C)SC(N)=S.O=P(O)(O)O. The molecule has 0 heterocycles. The molecule has 8 heteroatoms. The molecule has 0 rings (SSSR count). The Labute approximate surface area is 80.6 Å². The molecule has 0 aliphatic carbocycles. The first-order valence-corrected chi connectivity index (χ1v) is 5.72. The van der Waals surface area contributed by atoms with Gasteiger partial charge in [0.1, 0.15) is 4.32 Å². The van der Waals surface area contributed by atoms with Crippen molar-refractivity contribution in [2.24, 2.45) is 5.73 Å². The molecule has 0 aromatic heterocycles. The highest BCUT2D eigenvalue weighted by atomic mass is 32.2. The maximum Gasteiger partial charge on any atom is 0.466 e. The van der Waals surface area contributed by atoms with Crippen LogP contribution >= 0.6 is 31.8 Å². The van der Waals surface area contributed by atoms with Gasteiger partial charge in [0.05, 0.1) is 0 Å². The van der Waals surface area contributed by atoms with Crippen molar-refractivity contribution in [1.82, 2.24) is 0 Å². The van der Waals surface area contributed by atoms with Gasteiger partial charge in [-0.3, -0.25) is 0 Å². The molecule has 12 heavy (non-hydrogen) atoms. The molecule has 0 bridgehead atoms. The minimum Gasteiger partial charge on any atom is -0.385 e. The van der Waals surface area contributed by atoms with Crippen molar-refractivity contribution in [2.45, 2.75) is 19.1 Å². The van der Waals surface area contributed by atoms with Crippen LogP contribution in [0.3, 0.4) is 0 Å². The van der Waals surface area contributed by atoms with Crippen molar-refractivity contribution in [3.63, 3.8) is 0 Å². The molecule has 0 atom stereocenters. The van der Waals surface area contributed by atoms with E-state index in [0.29, 0.717) is 9.57 Å². The second-order valence-electron chi connectivity index (χ2n) is 2.00. The zero-order valence-corrected chi connectivity index (χ0v) is 9.20. The highest BCUT2D eigenvalue weighted by Crippen LogP contribution is 2.25. The first kappa shape index (κ1) is 14.9. The Morgan fingerprint density at radius 2 is 1.75 bits per heavy atom. The third kappa shape index (κ3) is 47.8. The molecule has 5 nitrogen and oxygen atoms in total. The summed E-state index contributed by atoms with van der Waals surface area (Å²) in [5, 5.41) is 0.525. The van der Waals surface area contributed by atoms with Gasteiger partial charge in [-0.05, 0) is 0 Å². The fourth-order valence-electron chi connectivity index (χ4n) is 0.232. The maximum atomic E-state index is 8.88. The monoisotopic (exact) mass is 233 g/mol. The summed E-state index contributed by atoms with van der Waals surface area (Å²) in [6.07, 6.45) is 0. The summed E-state index contributed by atoms with van der Waals surface area (Å²) < 4.78 is 9.42. The first-order valence-electron chi connectivity index (χ1n) is 2.87. The molecule has 5 N–H and O–H groups in total. The Morgan fingerprint density at radius 3 is 1.75 bits per heavy atom. The second-order valence-corrected chi connectivity index (χ2v) is 5.34. The Morgan fingerprint density at radius 1 is 1.50 bits per heavy atom. The second kappa shape index (κ2) is 6.82. The van der Waals surface area contributed by atoms with Gasteiger partial charge < -0.3 is 20.4 Å². The van der Waals surface area contributed by atoms with Gasteiger partial charge in [0.15, 0.2) is 0 Å². The average Bonchev–Trinajstić information content (AvgIpc) is 1.52. The van der Waals surface area contributed by atoms with Crippen LogP contribution in [0, 0.1) is 0 Å². The predicted molar refractivity (Wildman–Crippen MR) is 53.8 cm³/mol. The summed E-state index contributed by atoms with van der Waals surface area (Å²) in [6, 6.07) is 0. The molecule has 0 amide bonds. The molecular weight excluding hydrogens is 221 g/mol. The van der Waals surface area contributed by atoms with Crippen LogP contribution in [-0.4, -0.2) is 24.3 Å². The number of hydrogen-bond donors (Lipinski definition) is 4. The summed E-state index contributed by atoms with van der Waals surface area (Å²) in [7, 11) is -4.64. The van der Waals surface area contributed by atoms with Crippen molar-refractivity contribution >= 4 is 36.1 Å². The van der Waals surface area contributed by atoms with E-state index in [9.17, 15) is 0 Å². The smallest absolute Gasteiger partial charge is 0.385 e. The van der Waals surface area contributed by atoms with E-state index in [-0.39, 0.29) is 0 Å². The summed E-state index contributed by atoms with van der Waals surface area (Å²) in [5.41, 5.74) is 5.19. The highest BCUT2D eigenvalue weighted by molar-refractivity contribution is 8.23. The van der Waals surface area contributed by atoms with E-state index >= 15 is 0 Å². The first-order chi connectivity index (χ1) is 5.13. The number of rotatable bonds is 1. The quantitative estimate of drug-likeness (QED) is 0.385. The highest BCUT2D eigenvalue weighted by Gasteiger charge is 2.00. The summed E-state index contributed by atoms with van der Waals surface area (Å²) in [4.78, 5) is 21.6.